The number of carbonyl (C=O) groups is 4. The highest BCUT2D eigenvalue weighted by Gasteiger charge is 2.42. The van der Waals surface area contributed by atoms with Crippen molar-refractivity contribution in [1.29, 1.82) is 0 Å². The lowest BCUT2D eigenvalue weighted by Crippen LogP contribution is -2.52. The van der Waals surface area contributed by atoms with E-state index in [1.54, 1.807) is 11.0 Å². The molecule has 0 saturated carbocycles. The van der Waals surface area contributed by atoms with Gasteiger partial charge in [-0.15, -0.1) is 0 Å². The van der Waals surface area contributed by atoms with Crippen LogP contribution in [0.4, 0.5) is 10.6 Å². The van der Waals surface area contributed by atoms with Crippen molar-refractivity contribution in [2.45, 2.75) is 83.2 Å². The maximum Gasteiger partial charge on any atom is 0.334 e. The molecule has 3 rings (SSSR count). The molecule has 1 saturated heterocycles. The first kappa shape index (κ1) is 32.0. The largest absolute Gasteiger partial charge is 0.478 e. The number of allylic oxidation sites excluding steroid dienone is 1. The fourth-order valence-corrected chi connectivity index (χ4v) is 5.32. The van der Waals surface area contributed by atoms with Crippen molar-refractivity contribution in [1.82, 2.24) is 20.5 Å². The van der Waals surface area contributed by atoms with Gasteiger partial charge < -0.3 is 30.7 Å². The van der Waals surface area contributed by atoms with E-state index in [1.165, 1.54) is 12.7 Å². The maximum atomic E-state index is 12.8. The number of hydrogen-bond donors (Lipinski definition) is 4. The van der Waals surface area contributed by atoms with E-state index in [0.29, 0.717) is 39.0 Å². The molecule has 226 valence electrons. The minimum Gasteiger partial charge on any atom is -0.478 e. The number of aromatic nitrogens is 1. The van der Waals surface area contributed by atoms with Crippen molar-refractivity contribution < 1.29 is 29.0 Å². The third kappa shape index (κ3) is 9.55. The van der Waals surface area contributed by atoms with Gasteiger partial charge >= 0.3 is 12.0 Å². The number of carboxylic acids is 1. The summed E-state index contributed by atoms with van der Waals surface area (Å²) in [7, 11) is 1.48. The van der Waals surface area contributed by atoms with Gasteiger partial charge in [-0.05, 0) is 63.0 Å². The van der Waals surface area contributed by atoms with E-state index in [4.69, 9.17) is 9.72 Å². The number of piperidine rings is 1. The second-order valence-corrected chi connectivity index (χ2v) is 10.7. The van der Waals surface area contributed by atoms with Crippen LogP contribution in [0.2, 0.25) is 0 Å². The smallest absolute Gasteiger partial charge is 0.334 e. The van der Waals surface area contributed by atoms with Gasteiger partial charge in [0.1, 0.15) is 17.2 Å². The van der Waals surface area contributed by atoms with E-state index in [0.717, 1.165) is 50.2 Å². The Morgan fingerprint density at radius 2 is 1.90 bits per heavy atom. The van der Waals surface area contributed by atoms with E-state index in [1.807, 2.05) is 6.92 Å². The fourth-order valence-electron chi connectivity index (χ4n) is 5.32. The lowest BCUT2D eigenvalue weighted by atomic mass is 9.83. The molecule has 4 N–H and O–H groups in total. The van der Waals surface area contributed by atoms with Gasteiger partial charge in [-0.1, -0.05) is 19.1 Å². The van der Waals surface area contributed by atoms with Crippen molar-refractivity contribution in [3.8, 4) is 0 Å². The Hall–Kier alpha value is -3.47. The zero-order valence-corrected chi connectivity index (χ0v) is 24.4. The summed E-state index contributed by atoms with van der Waals surface area (Å²) in [5.74, 6) is -0.363. The van der Waals surface area contributed by atoms with Crippen LogP contribution in [0, 0.1) is 0 Å². The number of pyridine rings is 1. The summed E-state index contributed by atoms with van der Waals surface area (Å²) in [5.41, 5.74) is 1.34. The van der Waals surface area contributed by atoms with E-state index >= 15 is 0 Å². The summed E-state index contributed by atoms with van der Waals surface area (Å²) >= 11 is 0. The Labute approximate surface area is 242 Å². The molecule has 3 amide bonds. The Balaban J connectivity index is 1.43. The van der Waals surface area contributed by atoms with E-state index in [-0.39, 0.29) is 49.0 Å². The molecule has 1 aromatic heterocycles. The van der Waals surface area contributed by atoms with Crippen LogP contribution in [0.15, 0.2) is 23.8 Å². The van der Waals surface area contributed by atoms with Crippen LogP contribution in [-0.4, -0.2) is 84.1 Å². The molecule has 11 heteroatoms. The number of nitrogens with one attached hydrogen (secondary N) is 3. The van der Waals surface area contributed by atoms with E-state index in [2.05, 4.69) is 28.1 Å². The number of urea groups is 1. The fraction of sp³-hybridized carbons (Fsp3) is 0.633. The maximum absolute atomic E-state index is 12.8. The van der Waals surface area contributed by atoms with Gasteiger partial charge in [-0.25, -0.2) is 14.6 Å². The molecular weight excluding hydrogens is 526 g/mol. The molecule has 0 bridgehead atoms. The summed E-state index contributed by atoms with van der Waals surface area (Å²) in [4.78, 5) is 55.2. The normalized spacial score (nSPS) is 16.3. The minimum absolute atomic E-state index is 0.0883. The number of Topliss-reactive ketones (excluding diaryl/α,β-unsaturated/α-hetero) is 1. The number of carboxylic acid groups (broad SMARTS) is 1. The molecule has 0 radical (unpaired) electrons. The predicted molar refractivity (Wildman–Crippen MR) is 156 cm³/mol. The number of amides is 3. The van der Waals surface area contributed by atoms with Gasteiger partial charge in [-0.2, -0.15) is 0 Å². The minimum atomic E-state index is -1.10. The monoisotopic (exact) mass is 571 g/mol. The standard InChI is InChI=1S/C30H45N5O6/c1-3-17-31-26(37)14-13-24(36)9-4-10-25(28(38)39)30(41-2)15-20-35(21-16-30)29(40)33-19-6-8-23-12-11-22-7-5-18-32-27(22)34-23/h10-12H,3-9,13-21H2,1-2H3,(H,31,37)(H,32,34)(H,33,40)(H,38,39)/b25-10+. The predicted octanol–water partition coefficient (Wildman–Crippen LogP) is 3.23. The number of rotatable bonds is 15. The Bertz CT molecular complexity index is 1100. The molecule has 11 nitrogen and oxygen atoms in total. The van der Waals surface area contributed by atoms with Crippen LogP contribution in [-0.2, 0) is 32.0 Å². The molecule has 0 aliphatic carbocycles. The van der Waals surface area contributed by atoms with Gasteiger partial charge in [0, 0.05) is 64.8 Å². The van der Waals surface area contributed by atoms with Crippen molar-refractivity contribution >= 4 is 29.5 Å². The molecule has 3 heterocycles. The highest BCUT2D eigenvalue weighted by atomic mass is 16.5. The second kappa shape index (κ2) is 16.1. The number of hydrogen-bond acceptors (Lipinski definition) is 7. The Morgan fingerprint density at radius 1 is 1.12 bits per heavy atom. The van der Waals surface area contributed by atoms with Gasteiger partial charge in [0.2, 0.25) is 5.91 Å². The van der Waals surface area contributed by atoms with E-state index in [9.17, 15) is 24.3 Å². The number of nitrogens with zero attached hydrogens (tertiary/aromatic N) is 2. The van der Waals surface area contributed by atoms with Crippen LogP contribution >= 0.6 is 0 Å². The third-order valence-electron chi connectivity index (χ3n) is 7.78. The van der Waals surface area contributed by atoms with Crippen LogP contribution < -0.4 is 16.0 Å². The molecule has 1 fully saturated rings. The number of anilines is 1. The SMILES string of the molecule is CCCNC(=O)CCC(=O)CC/C=C(\C(=O)O)C1(OC)CCN(C(=O)NCCCc2ccc3c(n2)NCCC3)CC1. The number of fused-ring (bicyclic) bond motifs is 1. The second-order valence-electron chi connectivity index (χ2n) is 10.7. The zero-order chi connectivity index (χ0) is 29.7. The van der Waals surface area contributed by atoms with Crippen molar-refractivity contribution in [2.75, 3.05) is 45.2 Å². The number of aryl methyl sites for hydroxylation is 2. The average molecular weight is 572 g/mol. The first-order valence-corrected chi connectivity index (χ1v) is 14.8. The summed E-state index contributed by atoms with van der Waals surface area (Å²) in [5, 5.41) is 19.0. The van der Waals surface area contributed by atoms with E-state index < -0.39 is 11.6 Å². The van der Waals surface area contributed by atoms with Gasteiger partial charge in [0.05, 0.1) is 5.57 Å². The molecule has 0 atom stereocenters. The average Bonchev–Trinajstić information content (AvgIpc) is 2.99. The quantitative estimate of drug-likeness (QED) is 0.185. The molecule has 2 aliphatic rings. The Kier molecular flexibility index (Phi) is 12.6. The summed E-state index contributed by atoms with van der Waals surface area (Å²) in [6.07, 6.45) is 7.45. The summed E-state index contributed by atoms with van der Waals surface area (Å²) < 4.78 is 5.73. The summed E-state index contributed by atoms with van der Waals surface area (Å²) in [6.45, 7) is 4.72. The van der Waals surface area contributed by atoms with Crippen LogP contribution in [0.3, 0.4) is 0 Å². The lowest BCUT2D eigenvalue weighted by Gasteiger charge is -2.41. The number of likely N-dealkylation sites (tertiary alicyclic amines) is 1. The highest BCUT2D eigenvalue weighted by Crippen LogP contribution is 2.34. The van der Waals surface area contributed by atoms with Crippen molar-refractivity contribution in [3.63, 3.8) is 0 Å². The first-order chi connectivity index (χ1) is 19.8. The highest BCUT2D eigenvalue weighted by molar-refractivity contribution is 5.89. The van der Waals surface area contributed by atoms with Crippen LogP contribution in [0.5, 0.6) is 0 Å². The molecule has 41 heavy (non-hydrogen) atoms. The van der Waals surface area contributed by atoms with Crippen molar-refractivity contribution in [2.24, 2.45) is 0 Å². The number of aliphatic carboxylic acids is 1. The van der Waals surface area contributed by atoms with Crippen molar-refractivity contribution in [3.05, 3.63) is 35.0 Å². The number of methoxy groups -OCH3 is 1. The number of ketones is 1. The van der Waals surface area contributed by atoms with Gasteiger partial charge in [-0.3, -0.25) is 9.59 Å². The summed E-state index contributed by atoms with van der Waals surface area (Å²) in [6, 6.07) is 4.01. The Morgan fingerprint density at radius 3 is 2.61 bits per heavy atom. The van der Waals surface area contributed by atoms with Gasteiger partial charge in [0.15, 0.2) is 0 Å². The van der Waals surface area contributed by atoms with Gasteiger partial charge in [0.25, 0.3) is 0 Å². The molecule has 1 aromatic rings. The topological polar surface area (TPSA) is 150 Å². The first-order valence-electron chi connectivity index (χ1n) is 14.8. The molecule has 2 aliphatic heterocycles. The molecule has 0 aromatic carbocycles. The molecular formula is C30H45N5O6. The zero-order valence-electron chi connectivity index (χ0n) is 24.4. The lowest BCUT2D eigenvalue weighted by molar-refractivity contribution is -0.137. The van der Waals surface area contributed by atoms with Crippen LogP contribution in [0.1, 0.15) is 76.0 Å². The number of carbonyl (C=O) groups excluding carboxylic acids is 3. The van der Waals surface area contributed by atoms with Crippen LogP contribution in [0.25, 0.3) is 0 Å². The third-order valence-corrected chi connectivity index (χ3v) is 7.78. The number of ether oxygens (including phenoxy) is 1. The molecule has 0 unspecified atom stereocenters. The molecule has 0 spiro atoms.